The lowest BCUT2D eigenvalue weighted by Crippen LogP contribution is -2.11. The molecular formula is C12H15N3O. The summed E-state index contributed by atoms with van der Waals surface area (Å²) < 4.78 is 5.57. The van der Waals surface area contributed by atoms with Crippen LogP contribution in [-0.2, 0) is 0 Å². The number of nitrogens with two attached hydrogens (primary N) is 1. The van der Waals surface area contributed by atoms with Gasteiger partial charge < -0.3 is 15.5 Å². The van der Waals surface area contributed by atoms with Crippen LogP contribution in [0.2, 0.25) is 0 Å². The molecule has 4 heteroatoms. The average molecular weight is 217 g/mol. The molecule has 1 aromatic carbocycles. The number of nitrogen functional groups attached to an aromatic ring is 1. The van der Waals surface area contributed by atoms with Gasteiger partial charge in [0.2, 0.25) is 0 Å². The molecule has 1 aromatic heterocycles. The molecule has 0 aliphatic heterocycles. The van der Waals surface area contributed by atoms with Gasteiger partial charge in [-0.1, -0.05) is 6.92 Å². The molecule has 1 saturated carbocycles. The summed E-state index contributed by atoms with van der Waals surface area (Å²) in [5, 5.41) is 3.24. The number of oxazole rings is 1. The van der Waals surface area contributed by atoms with E-state index in [1.54, 1.807) is 0 Å². The van der Waals surface area contributed by atoms with Gasteiger partial charge in [0.25, 0.3) is 6.01 Å². The Morgan fingerprint density at radius 1 is 1.50 bits per heavy atom. The Hall–Kier alpha value is -1.71. The van der Waals surface area contributed by atoms with Gasteiger partial charge in [-0.2, -0.15) is 4.98 Å². The molecule has 0 radical (unpaired) electrons. The van der Waals surface area contributed by atoms with E-state index in [4.69, 9.17) is 10.2 Å². The van der Waals surface area contributed by atoms with Crippen LogP contribution in [-0.4, -0.2) is 11.5 Å². The second-order valence-corrected chi connectivity index (χ2v) is 4.91. The summed E-state index contributed by atoms with van der Waals surface area (Å²) in [5.74, 6) is 0. The van der Waals surface area contributed by atoms with Crippen LogP contribution in [0, 0.1) is 5.41 Å². The van der Waals surface area contributed by atoms with Crippen molar-refractivity contribution in [2.75, 3.05) is 17.6 Å². The average Bonchev–Trinajstić information content (AvgIpc) is 2.85. The maximum atomic E-state index is 5.68. The van der Waals surface area contributed by atoms with Crippen LogP contribution in [0.3, 0.4) is 0 Å². The molecule has 0 saturated heterocycles. The number of hydrogen-bond donors (Lipinski definition) is 2. The third-order valence-corrected chi connectivity index (χ3v) is 3.18. The molecule has 0 unspecified atom stereocenters. The third-order valence-electron chi connectivity index (χ3n) is 3.18. The quantitative estimate of drug-likeness (QED) is 0.776. The zero-order chi connectivity index (χ0) is 11.2. The highest BCUT2D eigenvalue weighted by Gasteiger charge is 2.37. The van der Waals surface area contributed by atoms with E-state index in [2.05, 4.69) is 17.2 Å². The minimum Gasteiger partial charge on any atom is -0.424 e. The Bertz CT molecular complexity index is 528. The van der Waals surface area contributed by atoms with Crippen molar-refractivity contribution in [1.29, 1.82) is 0 Å². The second kappa shape index (κ2) is 3.14. The number of anilines is 2. The Kier molecular flexibility index (Phi) is 1.87. The molecule has 1 aliphatic carbocycles. The minimum absolute atomic E-state index is 0.444. The van der Waals surface area contributed by atoms with E-state index in [0.717, 1.165) is 17.6 Å². The van der Waals surface area contributed by atoms with Crippen molar-refractivity contribution >= 4 is 22.8 Å². The molecule has 3 rings (SSSR count). The molecule has 4 nitrogen and oxygen atoms in total. The van der Waals surface area contributed by atoms with E-state index in [1.807, 2.05) is 18.2 Å². The largest absolute Gasteiger partial charge is 0.424 e. The van der Waals surface area contributed by atoms with E-state index >= 15 is 0 Å². The van der Waals surface area contributed by atoms with Gasteiger partial charge in [-0.3, -0.25) is 0 Å². The number of nitrogens with zero attached hydrogens (tertiary/aromatic N) is 1. The van der Waals surface area contributed by atoms with E-state index in [9.17, 15) is 0 Å². The summed E-state index contributed by atoms with van der Waals surface area (Å²) in [6.07, 6.45) is 2.57. The Labute approximate surface area is 93.8 Å². The van der Waals surface area contributed by atoms with Crippen molar-refractivity contribution in [2.45, 2.75) is 19.8 Å². The number of fused-ring (bicyclic) bond motifs is 1. The monoisotopic (exact) mass is 217 g/mol. The molecule has 2 aromatic rings. The summed E-state index contributed by atoms with van der Waals surface area (Å²) >= 11 is 0. The minimum atomic E-state index is 0.444. The fourth-order valence-electron chi connectivity index (χ4n) is 1.70. The molecule has 0 amide bonds. The van der Waals surface area contributed by atoms with Crippen LogP contribution in [0.5, 0.6) is 0 Å². The number of nitrogens with one attached hydrogen (secondary N) is 1. The SMILES string of the molecule is CC1(CNc2nc3cc(N)ccc3o2)CC1. The Morgan fingerprint density at radius 2 is 2.31 bits per heavy atom. The molecule has 84 valence electrons. The Morgan fingerprint density at radius 3 is 3.06 bits per heavy atom. The number of hydrogen-bond acceptors (Lipinski definition) is 4. The molecule has 0 atom stereocenters. The lowest BCUT2D eigenvalue weighted by Gasteiger charge is -2.06. The summed E-state index contributed by atoms with van der Waals surface area (Å²) in [4.78, 5) is 4.35. The van der Waals surface area contributed by atoms with E-state index in [1.165, 1.54) is 12.8 Å². The van der Waals surface area contributed by atoms with Crippen LogP contribution in [0.15, 0.2) is 22.6 Å². The zero-order valence-electron chi connectivity index (χ0n) is 9.29. The zero-order valence-corrected chi connectivity index (χ0v) is 9.29. The molecular weight excluding hydrogens is 202 g/mol. The van der Waals surface area contributed by atoms with Crippen LogP contribution >= 0.6 is 0 Å². The molecule has 16 heavy (non-hydrogen) atoms. The smallest absolute Gasteiger partial charge is 0.295 e. The predicted molar refractivity (Wildman–Crippen MR) is 64.3 cm³/mol. The fourth-order valence-corrected chi connectivity index (χ4v) is 1.70. The highest BCUT2D eigenvalue weighted by Crippen LogP contribution is 2.44. The lowest BCUT2D eigenvalue weighted by atomic mass is 10.1. The summed E-state index contributed by atoms with van der Waals surface area (Å²) in [6, 6.07) is 6.08. The van der Waals surface area contributed by atoms with Crippen LogP contribution < -0.4 is 11.1 Å². The van der Waals surface area contributed by atoms with E-state index in [0.29, 0.717) is 17.1 Å². The van der Waals surface area contributed by atoms with Crippen LogP contribution in [0.25, 0.3) is 11.1 Å². The van der Waals surface area contributed by atoms with Gasteiger partial charge in [0, 0.05) is 12.2 Å². The first kappa shape index (κ1) is 9.51. The van der Waals surface area contributed by atoms with E-state index in [-0.39, 0.29) is 0 Å². The molecule has 1 aliphatic rings. The number of aromatic nitrogens is 1. The van der Waals surface area contributed by atoms with Gasteiger partial charge in [0.15, 0.2) is 5.58 Å². The Balaban J connectivity index is 1.82. The lowest BCUT2D eigenvalue weighted by molar-refractivity contribution is 0.568. The maximum absolute atomic E-state index is 5.68. The molecule has 1 fully saturated rings. The number of rotatable bonds is 3. The van der Waals surface area contributed by atoms with Crippen molar-refractivity contribution in [3.63, 3.8) is 0 Å². The summed E-state index contributed by atoms with van der Waals surface area (Å²) in [5.41, 5.74) is 8.42. The highest BCUT2D eigenvalue weighted by atomic mass is 16.4. The first-order valence-electron chi connectivity index (χ1n) is 5.55. The van der Waals surface area contributed by atoms with Gasteiger partial charge in [-0.05, 0) is 36.5 Å². The van der Waals surface area contributed by atoms with Gasteiger partial charge in [-0.25, -0.2) is 0 Å². The summed E-state index contributed by atoms with van der Waals surface area (Å²) in [6.45, 7) is 3.19. The summed E-state index contributed by atoms with van der Waals surface area (Å²) in [7, 11) is 0. The predicted octanol–water partition coefficient (Wildman–Crippen LogP) is 2.62. The van der Waals surface area contributed by atoms with Gasteiger partial charge in [0.1, 0.15) is 5.52 Å². The highest BCUT2D eigenvalue weighted by molar-refractivity contribution is 5.78. The molecule has 3 N–H and O–H groups in total. The van der Waals surface area contributed by atoms with Crippen molar-refractivity contribution < 1.29 is 4.42 Å². The molecule has 0 spiro atoms. The van der Waals surface area contributed by atoms with Crippen LogP contribution in [0.1, 0.15) is 19.8 Å². The van der Waals surface area contributed by atoms with Crippen molar-refractivity contribution in [2.24, 2.45) is 5.41 Å². The second-order valence-electron chi connectivity index (χ2n) is 4.91. The normalized spacial score (nSPS) is 17.6. The fraction of sp³-hybridized carbons (Fsp3) is 0.417. The van der Waals surface area contributed by atoms with Gasteiger partial charge >= 0.3 is 0 Å². The molecule has 0 bridgehead atoms. The van der Waals surface area contributed by atoms with Gasteiger partial charge in [0.05, 0.1) is 0 Å². The van der Waals surface area contributed by atoms with Crippen molar-refractivity contribution in [3.05, 3.63) is 18.2 Å². The van der Waals surface area contributed by atoms with Crippen molar-refractivity contribution in [3.8, 4) is 0 Å². The third kappa shape index (κ3) is 1.71. The first-order valence-corrected chi connectivity index (χ1v) is 5.55. The van der Waals surface area contributed by atoms with Crippen molar-refractivity contribution in [1.82, 2.24) is 4.98 Å². The van der Waals surface area contributed by atoms with Gasteiger partial charge in [-0.15, -0.1) is 0 Å². The topological polar surface area (TPSA) is 64.1 Å². The standard InChI is InChI=1S/C12H15N3O/c1-12(4-5-12)7-14-11-15-9-6-8(13)2-3-10(9)16-11/h2-3,6H,4-5,7,13H2,1H3,(H,14,15). The molecule has 1 heterocycles. The van der Waals surface area contributed by atoms with Crippen LogP contribution in [0.4, 0.5) is 11.7 Å². The first-order chi connectivity index (χ1) is 7.65. The number of benzene rings is 1. The van der Waals surface area contributed by atoms with E-state index < -0.39 is 0 Å². The maximum Gasteiger partial charge on any atom is 0.295 e.